The fraction of sp³-hybridized carbons (Fsp3) is 0.909. The van der Waals surface area contributed by atoms with Crippen molar-refractivity contribution in [3.8, 4) is 0 Å². The second-order valence-electron chi connectivity index (χ2n) is 5.17. The predicted octanol–water partition coefficient (Wildman–Crippen LogP) is 1.40. The average Bonchev–Trinajstić information content (AvgIpc) is 2.61. The topological polar surface area (TPSA) is 33.6 Å². The number of piperidine rings is 1. The van der Waals surface area contributed by atoms with Crippen molar-refractivity contribution in [2.75, 3.05) is 13.1 Å². The highest BCUT2D eigenvalue weighted by Gasteiger charge is 2.57. The summed E-state index contributed by atoms with van der Waals surface area (Å²) in [5.74, 6) is 2.50. The third kappa shape index (κ3) is 1.11. The maximum atomic E-state index is 5.54. The molecule has 2 unspecified atom stereocenters. The summed E-state index contributed by atoms with van der Waals surface area (Å²) in [7, 11) is 0. The molecular weight excluding hydrogens is 176 g/mol. The van der Waals surface area contributed by atoms with Crippen LogP contribution in [0.15, 0.2) is 5.16 Å². The van der Waals surface area contributed by atoms with Crippen molar-refractivity contribution in [3.63, 3.8) is 0 Å². The maximum Gasteiger partial charge on any atom is 0.140 e. The first-order valence-electron chi connectivity index (χ1n) is 5.69. The summed E-state index contributed by atoms with van der Waals surface area (Å²) in [6.07, 6.45) is 2.11. The zero-order valence-corrected chi connectivity index (χ0v) is 8.92. The fourth-order valence-electron chi connectivity index (χ4n) is 2.90. The molecule has 0 bridgehead atoms. The first-order valence-corrected chi connectivity index (χ1v) is 5.69. The molecule has 4 atom stereocenters. The zero-order chi connectivity index (χ0) is 9.76. The second-order valence-corrected chi connectivity index (χ2v) is 5.17. The van der Waals surface area contributed by atoms with Gasteiger partial charge in [0, 0.05) is 12.3 Å². The number of rotatable bonds is 2. The van der Waals surface area contributed by atoms with Crippen molar-refractivity contribution in [2.45, 2.75) is 32.3 Å². The van der Waals surface area contributed by atoms with Gasteiger partial charge in [-0.15, -0.1) is 0 Å². The van der Waals surface area contributed by atoms with E-state index < -0.39 is 0 Å². The molecule has 0 amide bonds. The van der Waals surface area contributed by atoms with E-state index in [9.17, 15) is 0 Å². The van der Waals surface area contributed by atoms with Crippen molar-refractivity contribution < 1.29 is 4.84 Å². The Morgan fingerprint density at radius 2 is 2.21 bits per heavy atom. The van der Waals surface area contributed by atoms with Gasteiger partial charge in [-0.3, -0.25) is 0 Å². The van der Waals surface area contributed by atoms with E-state index in [0.29, 0.717) is 0 Å². The van der Waals surface area contributed by atoms with E-state index in [4.69, 9.17) is 4.84 Å². The van der Waals surface area contributed by atoms with Crippen LogP contribution in [-0.4, -0.2) is 24.4 Å². The molecule has 0 aromatic heterocycles. The van der Waals surface area contributed by atoms with E-state index in [2.05, 4.69) is 24.3 Å². The highest BCUT2D eigenvalue weighted by molar-refractivity contribution is 5.91. The molecule has 0 aromatic rings. The number of hydrogen-bond donors (Lipinski definition) is 1. The molecule has 1 N–H and O–H groups in total. The molecular formula is C11H18N2O. The number of hydrogen-bond acceptors (Lipinski definition) is 3. The molecule has 0 spiro atoms. The van der Waals surface area contributed by atoms with Crippen LogP contribution in [0, 0.1) is 17.8 Å². The molecule has 2 aliphatic heterocycles. The molecule has 78 valence electrons. The van der Waals surface area contributed by atoms with Crippen LogP contribution in [0.1, 0.15) is 26.7 Å². The second kappa shape index (κ2) is 2.72. The Hall–Kier alpha value is -0.570. The third-order valence-electron chi connectivity index (χ3n) is 4.16. The van der Waals surface area contributed by atoms with Gasteiger partial charge in [-0.1, -0.05) is 12.1 Å². The highest BCUT2D eigenvalue weighted by atomic mass is 16.7. The quantitative estimate of drug-likeness (QED) is 0.721. The van der Waals surface area contributed by atoms with Crippen LogP contribution in [0.4, 0.5) is 0 Å². The van der Waals surface area contributed by atoms with E-state index >= 15 is 0 Å². The Bertz CT molecular complexity index is 279. The van der Waals surface area contributed by atoms with Crippen LogP contribution in [0.25, 0.3) is 0 Å². The summed E-state index contributed by atoms with van der Waals surface area (Å²) in [6.45, 7) is 6.72. The first kappa shape index (κ1) is 8.72. The van der Waals surface area contributed by atoms with Crippen LogP contribution >= 0.6 is 0 Å². The Balaban J connectivity index is 1.67. The molecule has 3 nitrogen and oxygen atoms in total. The highest BCUT2D eigenvalue weighted by Crippen LogP contribution is 2.52. The Morgan fingerprint density at radius 1 is 1.50 bits per heavy atom. The Labute approximate surface area is 84.9 Å². The summed E-state index contributed by atoms with van der Waals surface area (Å²) in [5.41, 5.74) is 1.34. The minimum atomic E-state index is -0.000348. The molecule has 2 fully saturated rings. The molecule has 3 heteroatoms. The van der Waals surface area contributed by atoms with Gasteiger partial charge in [0.25, 0.3) is 0 Å². The molecule has 3 rings (SSSR count). The van der Waals surface area contributed by atoms with Crippen LogP contribution in [0.3, 0.4) is 0 Å². The van der Waals surface area contributed by atoms with Crippen molar-refractivity contribution in [1.82, 2.24) is 5.32 Å². The smallest absolute Gasteiger partial charge is 0.140 e. The van der Waals surface area contributed by atoms with Gasteiger partial charge < -0.3 is 10.2 Å². The van der Waals surface area contributed by atoms with Crippen LogP contribution < -0.4 is 5.32 Å². The third-order valence-corrected chi connectivity index (χ3v) is 4.16. The number of fused-ring (bicyclic) bond motifs is 1. The van der Waals surface area contributed by atoms with Crippen molar-refractivity contribution in [1.29, 1.82) is 0 Å². The van der Waals surface area contributed by atoms with Crippen LogP contribution in [-0.2, 0) is 4.84 Å². The summed E-state index contributed by atoms with van der Waals surface area (Å²) in [6, 6.07) is 0. The van der Waals surface area contributed by atoms with E-state index in [-0.39, 0.29) is 5.60 Å². The van der Waals surface area contributed by atoms with Crippen LogP contribution in [0.5, 0.6) is 0 Å². The average molecular weight is 194 g/mol. The number of nitrogens with one attached hydrogen (secondary N) is 1. The molecule has 1 saturated heterocycles. The number of oxime groups is 1. The molecule has 3 aliphatic rings. The van der Waals surface area contributed by atoms with Crippen LogP contribution in [0.2, 0.25) is 0 Å². The minimum absolute atomic E-state index is 0.000348. The molecule has 2 heterocycles. The monoisotopic (exact) mass is 194 g/mol. The van der Waals surface area contributed by atoms with Gasteiger partial charge in [0.2, 0.25) is 0 Å². The summed E-state index contributed by atoms with van der Waals surface area (Å²) in [4.78, 5) is 5.54. The van der Waals surface area contributed by atoms with Gasteiger partial charge in [-0.25, -0.2) is 0 Å². The molecule has 14 heavy (non-hydrogen) atoms. The lowest BCUT2D eigenvalue weighted by Gasteiger charge is -2.18. The largest absolute Gasteiger partial charge is 0.389 e. The molecule has 0 aromatic carbocycles. The van der Waals surface area contributed by atoms with Gasteiger partial charge in [-0.05, 0) is 38.3 Å². The summed E-state index contributed by atoms with van der Waals surface area (Å²) in [5, 5.41) is 7.71. The van der Waals surface area contributed by atoms with Gasteiger partial charge >= 0.3 is 0 Å². The van der Waals surface area contributed by atoms with E-state index in [1.54, 1.807) is 0 Å². The lowest BCUT2D eigenvalue weighted by Crippen LogP contribution is -2.25. The summed E-state index contributed by atoms with van der Waals surface area (Å²) < 4.78 is 0. The fourth-order valence-corrected chi connectivity index (χ4v) is 2.90. The van der Waals surface area contributed by atoms with E-state index in [1.807, 2.05) is 0 Å². The maximum absolute atomic E-state index is 5.54. The van der Waals surface area contributed by atoms with Crippen molar-refractivity contribution in [3.05, 3.63) is 0 Å². The van der Waals surface area contributed by atoms with Crippen molar-refractivity contribution >= 4 is 5.71 Å². The SMILES string of the molecule is CCC1(C)CC(C2[C@H]3CNC[C@@H]23)=NO1. The minimum Gasteiger partial charge on any atom is -0.389 e. The lowest BCUT2D eigenvalue weighted by atomic mass is 9.94. The summed E-state index contributed by atoms with van der Waals surface area (Å²) >= 11 is 0. The molecule has 1 aliphatic carbocycles. The molecule has 1 saturated carbocycles. The zero-order valence-electron chi connectivity index (χ0n) is 8.92. The van der Waals surface area contributed by atoms with E-state index in [1.165, 1.54) is 18.8 Å². The Kier molecular flexibility index (Phi) is 1.69. The van der Waals surface area contributed by atoms with Gasteiger partial charge in [0.05, 0.1) is 5.71 Å². The van der Waals surface area contributed by atoms with Gasteiger partial charge in [0.15, 0.2) is 0 Å². The van der Waals surface area contributed by atoms with Gasteiger partial charge in [0.1, 0.15) is 5.60 Å². The normalized spacial score (nSPS) is 49.9. The van der Waals surface area contributed by atoms with Crippen molar-refractivity contribution in [2.24, 2.45) is 22.9 Å². The predicted molar refractivity (Wildman–Crippen MR) is 55.2 cm³/mol. The standard InChI is InChI=1S/C11H18N2O/c1-3-11(2)4-9(13-14-11)10-7-5-12-6-8(7)10/h7-8,10,12H,3-6H2,1-2H3/t7-,8+,10?,11?. The Morgan fingerprint density at radius 3 is 2.79 bits per heavy atom. The molecule has 0 radical (unpaired) electrons. The van der Waals surface area contributed by atoms with E-state index in [0.717, 1.165) is 30.6 Å². The lowest BCUT2D eigenvalue weighted by molar-refractivity contribution is -0.00605. The van der Waals surface area contributed by atoms with Gasteiger partial charge in [-0.2, -0.15) is 0 Å². The number of nitrogens with zero attached hydrogens (tertiary/aromatic N) is 1. The first-order chi connectivity index (χ1) is 6.73.